The van der Waals surface area contributed by atoms with Crippen LogP contribution in [0.4, 0.5) is 5.69 Å². The number of hydrogen-bond donors (Lipinski definition) is 1. The molecule has 0 aliphatic carbocycles. The van der Waals surface area contributed by atoms with Gasteiger partial charge in [-0.1, -0.05) is 6.42 Å². The van der Waals surface area contributed by atoms with Crippen LogP contribution in [0.25, 0.3) is 0 Å². The first-order chi connectivity index (χ1) is 14.1. The summed E-state index contributed by atoms with van der Waals surface area (Å²) in [5.41, 5.74) is -0.393. The quantitative estimate of drug-likeness (QED) is 0.828. The second-order valence-corrected chi connectivity index (χ2v) is 6.98. The fourth-order valence-electron chi connectivity index (χ4n) is 3.69. The van der Waals surface area contributed by atoms with E-state index in [1.807, 2.05) is 6.07 Å². The number of carbonyl (C=O) groups excluding carboxylic acids is 1. The molecule has 0 atom stereocenters. The molecule has 0 unspecified atom stereocenters. The highest BCUT2D eigenvalue weighted by Crippen LogP contribution is 2.32. The SMILES string of the molecule is N#Cc1c2n(c(=O)n(CC(=O)Nc3ccc4c(c3)OCCO4)c1=O)CCCCC2. The molecule has 0 saturated carbocycles. The molecule has 0 spiro atoms. The first-order valence-corrected chi connectivity index (χ1v) is 9.54. The summed E-state index contributed by atoms with van der Waals surface area (Å²) in [4.78, 5) is 38.0. The number of anilines is 1. The van der Waals surface area contributed by atoms with Gasteiger partial charge in [0, 0.05) is 24.0 Å². The van der Waals surface area contributed by atoms with Crippen molar-refractivity contribution in [2.45, 2.75) is 38.8 Å². The van der Waals surface area contributed by atoms with E-state index < -0.39 is 23.7 Å². The normalized spacial score (nSPS) is 15.0. The fourth-order valence-corrected chi connectivity index (χ4v) is 3.69. The molecule has 9 heteroatoms. The Labute approximate surface area is 166 Å². The van der Waals surface area contributed by atoms with Gasteiger partial charge in [0.2, 0.25) is 5.91 Å². The zero-order valence-electron chi connectivity index (χ0n) is 15.8. The maximum Gasteiger partial charge on any atom is 0.331 e. The number of fused-ring (bicyclic) bond motifs is 2. The molecule has 0 radical (unpaired) electrons. The van der Waals surface area contributed by atoms with Crippen LogP contribution in [0.3, 0.4) is 0 Å². The molecule has 29 heavy (non-hydrogen) atoms. The summed E-state index contributed by atoms with van der Waals surface area (Å²) in [5.74, 6) is 0.565. The van der Waals surface area contributed by atoms with Crippen molar-refractivity contribution >= 4 is 11.6 Å². The van der Waals surface area contributed by atoms with E-state index in [9.17, 15) is 19.6 Å². The van der Waals surface area contributed by atoms with Gasteiger partial charge in [-0.05, 0) is 31.4 Å². The molecule has 1 N–H and O–H groups in total. The minimum atomic E-state index is -0.719. The van der Waals surface area contributed by atoms with Crippen LogP contribution in [0.15, 0.2) is 27.8 Å². The van der Waals surface area contributed by atoms with Crippen LogP contribution < -0.4 is 26.0 Å². The number of rotatable bonds is 3. The van der Waals surface area contributed by atoms with Crippen molar-refractivity contribution in [3.63, 3.8) is 0 Å². The van der Waals surface area contributed by atoms with Crippen LogP contribution in [0.2, 0.25) is 0 Å². The lowest BCUT2D eigenvalue weighted by Crippen LogP contribution is -2.45. The molecule has 150 valence electrons. The van der Waals surface area contributed by atoms with Crippen molar-refractivity contribution in [1.82, 2.24) is 9.13 Å². The Kier molecular flexibility index (Phi) is 5.08. The van der Waals surface area contributed by atoms with E-state index in [1.54, 1.807) is 18.2 Å². The molecule has 9 nitrogen and oxygen atoms in total. The van der Waals surface area contributed by atoms with Gasteiger partial charge in [-0.15, -0.1) is 0 Å². The topological polar surface area (TPSA) is 115 Å². The number of benzene rings is 1. The maximum absolute atomic E-state index is 12.8. The van der Waals surface area contributed by atoms with Gasteiger partial charge in [-0.2, -0.15) is 5.26 Å². The number of ether oxygens (including phenoxy) is 2. The summed E-state index contributed by atoms with van der Waals surface area (Å²) in [5, 5.41) is 12.1. The molecule has 1 amide bonds. The molecule has 2 aromatic rings. The highest BCUT2D eigenvalue weighted by atomic mass is 16.6. The predicted molar refractivity (Wildman–Crippen MR) is 103 cm³/mol. The highest BCUT2D eigenvalue weighted by molar-refractivity contribution is 5.91. The summed E-state index contributed by atoms with van der Waals surface area (Å²) >= 11 is 0. The molecule has 1 aromatic heterocycles. The van der Waals surface area contributed by atoms with Crippen LogP contribution >= 0.6 is 0 Å². The Morgan fingerprint density at radius 2 is 1.93 bits per heavy atom. The third-order valence-corrected chi connectivity index (χ3v) is 5.07. The van der Waals surface area contributed by atoms with Gasteiger partial charge in [-0.3, -0.25) is 14.2 Å². The van der Waals surface area contributed by atoms with Crippen LogP contribution in [0.1, 0.15) is 30.5 Å². The second-order valence-electron chi connectivity index (χ2n) is 6.98. The molecular formula is C20H20N4O5. The fraction of sp³-hybridized carbons (Fsp3) is 0.400. The summed E-state index contributed by atoms with van der Waals surface area (Å²) in [6, 6.07) is 6.88. The Morgan fingerprint density at radius 1 is 1.14 bits per heavy atom. The molecular weight excluding hydrogens is 376 g/mol. The maximum atomic E-state index is 12.8. The second kappa shape index (κ2) is 7.83. The van der Waals surface area contributed by atoms with E-state index >= 15 is 0 Å². The van der Waals surface area contributed by atoms with E-state index in [1.165, 1.54) is 4.57 Å². The van der Waals surface area contributed by atoms with Gasteiger partial charge in [0.25, 0.3) is 5.56 Å². The predicted octanol–water partition coefficient (Wildman–Crippen LogP) is 1.02. The number of hydrogen-bond acceptors (Lipinski definition) is 6. The highest BCUT2D eigenvalue weighted by Gasteiger charge is 2.22. The van der Waals surface area contributed by atoms with Crippen molar-refractivity contribution in [1.29, 1.82) is 5.26 Å². The summed E-state index contributed by atoms with van der Waals surface area (Å²) in [6.45, 7) is 0.849. The van der Waals surface area contributed by atoms with Crippen molar-refractivity contribution < 1.29 is 14.3 Å². The number of nitrogens with zero attached hydrogens (tertiary/aromatic N) is 3. The minimum absolute atomic E-state index is 0.0568. The monoisotopic (exact) mass is 396 g/mol. The summed E-state index contributed by atoms with van der Waals surface area (Å²) < 4.78 is 13.2. The van der Waals surface area contributed by atoms with Crippen LogP contribution in [-0.4, -0.2) is 28.3 Å². The van der Waals surface area contributed by atoms with Gasteiger partial charge < -0.3 is 14.8 Å². The standard InChI is InChI=1S/C20H20N4O5/c21-11-14-15-4-2-1-3-7-23(15)20(27)24(19(14)26)12-18(25)22-13-5-6-16-17(10-13)29-9-8-28-16/h5-6,10H,1-4,7-9,12H2,(H,22,25). The van der Waals surface area contributed by atoms with Crippen molar-refractivity contribution in [3.05, 3.63) is 50.3 Å². The van der Waals surface area contributed by atoms with Gasteiger partial charge >= 0.3 is 5.69 Å². The van der Waals surface area contributed by atoms with Crippen molar-refractivity contribution in [3.8, 4) is 17.6 Å². The van der Waals surface area contributed by atoms with Crippen LogP contribution in [0.5, 0.6) is 11.5 Å². The zero-order chi connectivity index (χ0) is 20.4. The van der Waals surface area contributed by atoms with Gasteiger partial charge in [-0.25, -0.2) is 9.36 Å². The third kappa shape index (κ3) is 3.61. The number of aromatic nitrogens is 2. The van der Waals surface area contributed by atoms with Crippen molar-refractivity contribution in [2.75, 3.05) is 18.5 Å². The Morgan fingerprint density at radius 3 is 2.72 bits per heavy atom. The van der Waals surface area contributed by atoms with E-state index in [2.05, 4.69) is 5.32 Å². The molecule has 1 aromatic carbocycles. The van der Waals surface area contributed by atoms with E-state index in [-0.39, 0.29) is 5.56 Å². The molecule has 0 saturated heterocycles. The third-order valence-electron chi connectivity index (χ3n) is 5.07. The van der Waals surface area contributed by atoms with Gasteiger partial charge in [0.05, 0.1) is 0 Å². The molecule has 0 fully saturated rings. The molecule has 3 heterocycles. The van der Waals surface area contributed by atoms with Crippen molar-refractivity contribution in [2.24, 2.45) is 0 Å². The van der Waals surface area contributed by atoms with E-state index in [4.69, 9.17) is 9.47 Å². The number of amides is 1. The number of carbonyl (C=O) groups is 1. The van der Waals surface area contributed by atoms with Gasteiger partial charge in [0.1, 0.15) is 31.4 Å². The zero-order valence-corrected chi connectivity index (χ0v) is 15.8. The number of nitriles is 1. The van der Waals surface area contributed by atoms with Gasteiger partial charge in [0.15, 0.2) is 11.5 Å². The molecule has 0 bridgehead atoms. The average molecular weight is 396 g/mol. The molecule has 2 aliphatic heterocycles. The smallest absolute Gasteiger partial charge is 0.331 e. The lowest BCUT2D eigenvalue weighted by Gasteiger charge is -2.19. The lowest BCUT2D eigenvalue weighted by atomic mass is 10.1. The van der Waals surface area contributed by atoms with E-state index in [0.29, 0.717) is 49.1 Å². The summed E-state index contributed by atoms with van der Waals surface area (Å²) in [7, 11) is 0. The Bertz CT molecular complexity index is 1130. The summed E-state index contributed by atoms with van der Waals surface area (Å²) in [6.07, 6.45) is 3.05. The largest absolute Gasteiger partial charge is 0.486 e. The Balaban J connectivity index is 1.62. The van der Waals surface area contributed by atoms with Crippen LogP contribution in [-0.2, 0) is 24.3 Å². The molecule has 4 rings (SSSR count). The minimum Gasteiger partial charge on any atom is -0.486 e. The Hall–Kier alpha value is -3.54. The van der Waals surface area contributed by atoms with E-state index in [0.717, 1.165) is 23.8 Å². The van der Waals surface area contributed by atoms with Crippen LogP contribution in [0, 0.1) is 11.3 Å². The average Bonchev–Trinajstić information content (AvgIpc) is 2.98. The first kappa shape index (κ1) is 18.8. The molecule has 2 aliphatic rings. The first-order valence-electron chi connectivity index (χ1n) is 9.54. The number of nitrogens with one attached hydrogen (secondary N) is 1. The lowest BCUT2D eigenvalue weighted by molar-refractivity contribution is -0.116.